The maximum absolute atomic E-state index is 12.6. The number of rotatable bonds is 40. The number of allylic oxidation sites excluding steroid dienone is 6. The molecule has 0 bridgehead atoms. The second kappa shape index (κ2) is 39.4. The standard InChI is InChI=1S/C43H79O10P/c1-3-5-7-9-11-13-15-17-19-20-21-23-25-27-29-31-33-35-43(47)53-41(39-52-54(48,49)51-37-40(45)36-44)38-50-42(46)34-32-30-28-26-24-22-18-16-14-12-10-8-6-4-2/h10,12,16-19,40-41,44-45H,3-9,11,13-15,20-39H2,1-2H3,(H,48,49)/b12-10-,18-16-,19-17-/t40-,41+/m0/s1. The topological polar surface area (TPSA) is 149 Å². The fourth-order valence-corrected chi connectivity index (χ4v) is 6.44. The Labute approximate surface area is 329 Å². The number of aliphatic hydroxyl groups excluding tert-OH is 2. The summed E-state index contributed by atoms with van der Waals surface area (Å²) in [6, 6.07) is 0. The Bertz CT molecular complexity index is 999. The van der Waals surface area contributed by atoms with E-state index < -0.39 is 51.8 Å². The van der Waals surface area contributed by atoms with E-state index in [0.29, 0.717) is 12.8 Å². The molecule has 0 fully saturated rings. The van der Waals surface area contributed by atoms with Crippen LogP contribution in [0.25, 0.3) is 0 Å². The molecule has 0 aromatic carbocycles. The number of aliphatic hydroxyl groups is 2. The quantitative estimate of drug-likeness (QED) is 0.0237. The summed E-state index contributed by atoms with van der Waals surface area (Å²) in [4.78, 5) is 34.9. The molecule has 11 heteroatoms. The zero-order chi connectivity index (χ0) is 39.8. The van der Waals surface area contributed by atoms with Crippen LogP contribution in [0.4, 0.5) is 0 Å². The molecule has 316 valence electrons. The molecular formula is C43H79O10P. The molecule has 0 saturated heterocycles. The molecule has 54 heavy (non-hydrogen) atoms. The van der Waals surface area contributed by atoms with Gasteiger partial charge in [0.2, 0.25) is 0 Å². The van der Waals surface area contributed by atoms with Crippen LogP contribution in [0.15, 0.2) is 36.5 Å². The Kier molecular flexibility index (Phi) is 38.1. The van der Waals surface area contributed by atoms with Crippen molar-refractivity contribution in [2.45, 2.75) is 199 Å². The molecule has 0 aromatic rings. The lowest BCUT2D eigenvalue weighted by Gasteiger charge is -2.20. The van der Waals surface area contributed by atoms with Crippen molar-refractivity contribution in [2.24, 2.45) is 0 Å². The zero-order valence-electron chi connectivity index (χ0n) is 34.2. The number of esters is 2. The lowest BCUT2D eigenvalue weighted by Crippen LogP contribution is -2.29. The molecular weight excluding hydrogens is 707 g/mol. The summed E-state index contributed by atoms with van der Waals surface area (Å²) in [5, 5.41) is 18.3. The van der Waals surface area contributed by atoms with Crippen molar-refractivity contribution >= 4 is 19.8 Å². The molecule has 0 aliphatic carbocycles. The van der Waals surface area contributed by atoms with Gasteiger partial charge in [0.05, 0.1) is 19.8 Å². The molecule has 10 nitrogen and oxygen atoms in total. The molecule has 0 radical (unpaired) electrons. The van der Waals surface area contributed by atoms with Crippen LogP contribution in [0.5, 0.6) is 0 Å². The van der Waals surface area contributed by atoms with Crippen LogP contribution < -0.4 is 0 Å². The van der Waals surface area contributed by atoms with Crippen molar-refractivity contribution in [1.29, 1.82) is 0 Å². The minimum Gasteiger partial charge on any atom is -0.462 e. The van der Waals surface area contributed by atoms with Gasteiger partial charge in [-0.1, -0.05) is 147 Å². The third kappa shape index (κ3) is 38.5. The highest BCUT2D eigenvalue weighted by Gasteiger charge is 2.27. The molecule has 1 unspecified atom stereocenters. The average Bonchev–Trinajstić information content (AvgIpc) is 3.16. The third-order valence-corrected chi connectivity index (χ3v) is 9.97. The Hall–Kier alpha value is -1.81. The number of phosphoric acid groups is 1. The first-order chi connectivity index (χ1) is 26.2. The van der Waals surface area contributed by atoms with Crippen molar-refractivity contribution in [3.8, 4) is 0 Å². The van der Waals surface area contributed by atoms with Crippen LogP contribution in [0, 0.1) is 0 Å². The predicted octanol–water partition coefficient (Wildman–Crippen LogP) is 11.2. The maximum Gasteiger partial charge on any atom is 0.472 e. The summed E-state index contributed by atoms with van der Waals surface area (Å²) < 4.78 is 32.7. The highest BCUT2D eigenvalue weighted by Crippen LogP contribution is 2.43. The second-order valence-corrected chi connectivity index (χ2v) is 15.8. The first-order valence-electron chi connectivity index (χ1n) is 21.4. The van der Waals surface area contributed by atoms with Crippen LogP contribution in [-0.4, -0.2) is 65.7 Å². The number of phosphoric ester groups is 1. The van der Waals surface area contributed by atoms with Gasteiger partial charge in [0.1, 0.15) is 12.7 Å². The smallest absolute Gasteiger partial charge is 0.462 e. The van der Waals surface area contributed by atoms with E-state index in [2.05, 4.69) is 54.8 Å². The minimum atomic E-state index is -4.62. The van der Waals surface area contributed by atoms with Gasteiger partial charge in [-0.2, -0.15) is 0 Å². The van der Waals surface area contributed by atoms with E-state index in [0.717, 1.165) is 70.6 Å². The number of ether oxygens (including phenoxy) is 2. The van der Waals surface area contributed by atoms with E-state index >= 15 is 0 Å². The molecule has 0 heterocycles. The Morgan fingerprint density at radius 3 is 1.50 bits per heavy atom. The maximum atomic E-state index is 12.6. The predicted molar refractivity (Wildman–Crippen MR) is 219 cm³/mol. The number of carbonyl (C=O) groups excluding carboxylic acids is 2. The molecule has 0 aliphatic heterocycles. The van der Waals surface area contributed by atoms with Crippen LogP contribution in [0.2, 0.25) is 0 Å². The van der Waals surface area contributed by atoms with E-state index in [-0.39, 0.29) is 19.4 Å². The van der Waals surface area contributed by atoms with Gasteiger partial charge in [-0.15, -0.1) is 0 Å². The lowest BCUT2D eigenvalue weighted by atomic mass is 10.1. The third-order valence-electron chi connectivity index (χ3n) is 9.02. The fraction of sp³-hybridized carbons (Fsp3) is 0.814. The summed E-state index contributed by atoms with van der Waals surface area (Å²) >= 11 is 0. The van der Waals surface area contributed by atoms with E-state index in [1.807, 2.05) is 0 Å². The van der Waals surface area contributed by atoms with Gasteiger partial charge in [-0.05, 0) is 64.2 Å². The largest absolute Gasteiger partial charge is 0.472 e. The van der Waals surface area contributed by atoms with Gasteiger partial charge in [0.15, 0.2) is 6.10 Å². The molecule has 0 saturated carbocycles. The fourth-order valence-electron chi connectivity index (χ4n) is 5.65. The molecule has 0 rings (SSSR count). The van der Waals surface area contributed by atoms with E-state index in [1.165, 1.54) is 77.0 Å². The van der Waals surface area contributed by atoms with Crippen LogP contribution in [-0.2, 0) is 32.7 Å². The van der Waals surface area contributed by atoms with Gasteiger partial charge in [0.25, 0.3) is 0 Å². The summed E-state index contributed by atoms with van der Waals surface area (Å²) in [6.45, 7) is 2.32. The summed E-state index contributed by atoms with van der Waals surface area (Å²) in [6.07, 6.45) is 39.6. The Balaban J connectivity index is 4.32. The van der Waals surface area contributed by atoms with Crippen molar-refractivity contribution < 1.29 is 47.8 Å². The molecule has 0 aliphatic rings. The van der Waals surface area contributed by atoms with Crippen molar-refractivity contribution in [1.82, 2.24) is 0 Å². The lowest BCUT2D eigenvalue weighted by molar-refractivity contribution is -0.161. The Morgan fingerprint density at radius 2 is 0.981 bits per heavy atom. The highest BCUT2D eigenvalue weighted by molar-refractivity contribution is 7.47. The van der Waals surface area contributed by atoms with Gasteiger partial charge in [0, 0.05) is 12.8 Å². The minimum absolute atomic E-state index is 0.176. The van der Waals surface area contributed by atoms with Crippen molar-refractivity contribution in [2.75, 3.05) is 26.4 Å². The SMILES string of the molecule is CCCC/C=C\C/C=C\CCCCCCCC(=O)OC[C@H](COP(=O)(O)OC[C@@H](O)CO)OC(=O)CCCCCCCCC/C=C\CCCCCCCC. The van der Waals surface area contributed by atoms with E-state index in [4.69, 9.17) is 19.1 Å². The summed E-state index contributed by atoms with van der Waals surface area (Å²) in [5.74, 6) is -0.945. The molecule has 0 spiro atoms. The second-order valence-electron chi connectivity index (χ2n) is 14.4. The first kappa shape index (κ1) is 52.2. The summed E-state index contributed by atoms with van der Waals surface area (Å²) in [7, 11) is -4.62. The highest BCUT2D eigenvalue weighted by atomic mass is 31.2. The first-order valence-corrected chi connectivity index (χ1v) is 22.9. The van der Waals surface area contributed by atoms with Gasteiger partial charge in [-0.3, -0.25) is 18.6 Å². The van der Waals surface area contributed by atoms with E-state index in [9.17, 15) is 24.2 Å². The van der Waals surface area contributed by atoms with E-state index in [1.54, 1.807) is 0 Å². The van der Waals surface area contributed by atoms with Gasteiger partial charge < -0.3 is 24.6 Å². The monoisotopic (exact) mass is 787 g/mol. The normalized spacial score (nSPS) is 14.2. The van der Waals surface area contributed by atoms with Crippen LogP contribution >= 0.6 is 7.82 Å². The molecule has 0 amide bonds. The molecule has 0 aromatic heterocycles. The van der Waals surface area contributed by atoms with Crippen LogP contribution in [0.3, 0.4) is 0 Å². The summed E-state index contributed by atoms with van der Waals surface area (Å²) in [5.41, 5.74) is 0. The van der Waals surface area contributed by atoms with Gasteiger partial charge >= 0.3 is 19.8 Å². The number of carbonyl (C=O) groups is 2. The number of unbranched alkanes of at least 4 members (excludes halogenated alkanes) is 20. The van der Waals surface area contributed by atoms with Crippen LogP contribution in [0.1, 0.15) is 187 Å². The van der Waals surface area contributed by atoms with Crippen molar-refractivity contribution in [3.05, 3.63) is 36.5 Å². The van der Waals surface area contributed by atoms with Crippen molar-refractivity contribution in [3.63, 3.8) is 0 Å². The number of hydrogen-bond donors (Lipinski definition) is 3. The molecule has 3 N–H and O–H groups in total. The number of hydrogen-bond acceptors (Lipinski definition) is 9. The van der Waals surface area contributed by atoms with Gasteiger partial charge in [-0.25, -0.2) is 4.57 Å². The average molecular weight is 787 g/mol. The zero-order valence-corrected chi connectivity index (χ0v) is 35.1. The molecule has 3 atom stereocenters. The Morgan fingerprint density at radius 1 is 0.556 bits per heavy atom.